The van der Waals surface area contributed by atoms with Crippen LogP contribution >= 0.6 is 23.2 Å². The zero-order valence-corrected chi connectivity index (χ0v) is 8.69. The summed E-state index contributed by atoms with van der Waals surface area (Å²) in [4.78, 5) is 24.0. The number of rotatable bonds is 0. The Morgan fingerprint density at radius 2 is 1.33 bits per heavy atom. The monoisotopic (exact) mass is 245 g/mol. The summed E-state index contributed by atoms with van der Waals surface area (Å²) in [5.74, 6) is -0.688. The molecule has 0 aromatic heterocycles. The topological polar surface area (TPSA) is 37.4 Å². The predicted octanol–water partition coefficient (Wildman–Crippen LogP) is 2.86. The van der Waals surface area contributed by atoms with Gasteiger partial charge in [0, 0.05) is 7.05 Å². The second-order valence-electron chi connectivity index (χ2n) is 2.98. The molecule has 1 heterocycles. The molecule has 2 amide bonds. The zero-order valence-electron chi connectivity index (χ0n) is 7.17. The summed E-state index contributed by atoms with van der Waals surface area (Å²) in [6, 6.07) is 2.84. The number of hydrogen-bond donors (Lipinski definition) is 0. The van der Waals surface area contributed by atoms with E-state index in [1.807, 2.05) is 0 Å². The lowest BCUT2D eigenvalue weighted by Crippen LogP contribution is -2.24. The molecule has 1 aromatic rings. The summed E-state index contributed by atoms with van der Waals surface area (Å²) in [7, 11) is 1.42. The van der Waals surface area contributed by atoms with Crippen molar-refractivity contribution in [2.24, 2.45) is 0 Å². The van der Waals surface area contributed by atoms with Crippen molar-refractivity contribution >= 4 is 35.0 Å². The van der Waals surface area contributed by atoms with E-state index in [-0.39, 0.29) is 29.3 Å². The van der Waals surface area contributed by atoms with Crippen LogP contribution in [-0.4, -0.2) is 23.8 Å². The number of hydrogen-bond acceptors (Lipinski definition) is 2. The molecular formula is C10H9Cl2NO2. The van der Waals surface area contributed by atoms with Crippen molar-refractivity contribution in [3.05, 3.63) is 33.3 Å². The van der Waals surface area contributed by atoms with Gasteiger partial charge in [0.2, 0.25) is 0 Å². The zero-order chi connectivity index (χ0) is 10.5. The number of amides is 2. The van der Waals surface area contributed by atoms with Gasteiger partial charge in [0.1, 0.15) is 0 Å². The smallest absolute Gasteiger partial charge is 0.261 e. The van der Waals surface area contributed by atoms with E-state index < -0.39 is 0 Å². The van der Waals surface area contributed by atoms with E-state index in [4.69, 9.17) is 23.2 Å². The summed E-state index contributed by atoms with van der Waals surface area (Å²) in [5.41, 5.74) is 0.624. The largest absolute Gasteiger partial charge is 0.277 e. The molecule has 0 aliphatic carbocycles. The molecule has 0 saturated heterocycles. The third-order valence-electron chi connectivity index (χ3n) is 2.13. The highest BCUT2D eigenvalue weighted by atomic mass is 35.5. The van der Waals surface area contributed by atoms with E-state index in [1.54, 1.807) is 0 Å². The van der Waals surface area contributed by atoms with Crippen LogP contribution in [-0.2, 0) is 0 Å². The van der Waals surface area contributed by atoms with Gasteiger partial charge in [-0.3, -0.25) is 14.5 Å². The molecule has 0 fully saturated rings. The van der Waals surface area contributed by atoms with Gasteiger partial charge < -0.3 is 0 Å². The van der Waals surface area contributed by atoms with Crippen LogP contribution in [0.15, 0.2) is 12.1 Å². The van der Waals surface area contributed by atoms with E-state index in [1.165, 1.54) is 19.2 Å². The minimum Gasteiger partial charge on any atom is -0.277 e. The molecular weight excluding hydrogens is 237 g/mol. The fourth-order valence-corrected chi connectivity index (χ4v) is 1.68. The van der Waals surface area contributed by atoms with Crippen molar-refractivity contribution < 1.29 is 9.59 Å². The van der Waals surface area contributed by atoms with Crippen LogP contribution in [0.4, 0.5) is 0 Å². The van der Waals surface area contributed by atoms with Crippen LogP contribution in [0.3, 0.4) is 0 Å². The Morgan fingerprint density at radius 1 is 1.00 bits per heavy atom. The Balaban J connectivity index is 0.00000112. The molecule has 0 radical (unpaired) electrons. The quantitative estimate of drug-likeness (QED) is 0.660. The van der Waals surface area contributed by atoms with Crippen LogP contribution in [0.2, 0.25) is 10.0 Å². The first-order chi connectivity index (χ1) is 6.52. The number of carbonyl (C=O) groups excluding carboxylic acids is 2. The molecule has 1 aromatic carbocycles. The lowest BCUT2D eigenvalue weighted by molar-refractivity contribution is 0.0693. The molecule has 0 saturated carbocycles. The van der Waals surface area contributed by atoms with Gasteiger partial charge in [0.05, 0.1) is 21.2 Å². The van der Waals surface area contributed by atoms with Crippen molar-refractivity contribution in [2.45, 2.75) is 7.43 Å². The Labute approximate surface area is 97.6 Å². The fourth-order valence-electron chi connectivity index (χ4n) is 1.35. The lowest BCUT2D eigenvalue weighted by Gasteiger charge is -2.02. The van der Waals surface area contributed by atoms with E-state index >= 15 is 0 Å². The summed E-state index contributed by atoms with van der Waals surface area (Å²) in [6.45, 7) is 0. The predicted molar refractivity (Wildman–Crippen MR) is 59.6 cm³/mol. The second kappa shape index (κ2) is 3.83. The molecule has 5 heteroatoms. The number of carbonyl (C=O) groups is 2. The SMILES string of the molecule is C.CN1C(=O)c2cc(Cl)c(Cl)cc2C1=O. The van der Waals surface area contributed by atoms with Crippen LogP contribution in [0.1, 0.15) is 28.1 Å². The third-order valence-corrected chi connectivity index (χ3v) is 2.85. The first-order valence-electron chi connectivity index (χ1n) is 3.84. The highest BCUT2D eigenvalue weighted by Gasteiger charge is 2.33. The Kier molecular flexibility index (Phi) is 3.07. The van der Waals surface area contributed by atoms with Crippen molar-refractivity contribution in [3.63, 3.8) is 0 Å². The van der Waals surface area contributed by atoms with E-state index in [0.29, 0.717) is 11.1 Å². The van der Waals surface area contributed by atoms with Crippen molar-refractivity contribution in [3.8, 4) is 0 Å². The number of fused-ring (bicyclic) bond motifs is 1. The van der Waals surface area contributed by atoms with Gasteiger partial charge in [-0.05, 0) is 12.1 Å². The van der Waals surface area contributed by atoms with Gasteiger partial charge in [-0.1, -0.05) is 30.6 Å². The lowest BCUT2D eigenvalue weighted by atomic mass is 10.1. The Morgan fingerprint density at radius 3 is 1.67 bits per heavy atom. The first-order valence-corrected chi connectivity index (χ1v) is 4.59. The van der Waals surface area contributed by atoms with E-state index in [2.05, 4.69) is 0 Å². The van der Waals surface area contributed by atoms with Gasteiger partial charge in [0.15, 0.2) is 0 Å². The average Bonchev–Trinajstić information content (AvgIpc) is 2.34. The highest BCUT2D eigenvalue weighted by molar-refractivity contribution is 6.43. The van der Waals surface area contributed by atoms with Crippen LogP contribution < -0.4 is 0 Å². The highest BCUT2D eigenvalue weighted by Crippen LogP contribution is 2.30. The minimum atomic E-state index is -0.344. The van der Waals surface area contributed by atoms with Crippen molar-refractivity contribution in [1.29, 1.82) is 0 Å². The number of nitrogens with zero attached hydrogens (tertiary/aromatic N) is 1. The van der Waals surface area contributed by atoms with Crippen molar-refractivity contribution in [2.75, 3.05) is 7.05 Å². The maximum Gasteiger partial charge on any atom is 0.261 e. The second-order valence-corrected chi connectivity index (χ2v) is 3.80. The maximum absolute atomic E-state index is 11.5. The summed E-state index contributed by atoms with van der Waals surface area (Å²) >= 11 is 11.5. The van der Waals surface area contributed by atoms with E-state index in [9.17, 15) is 9.59 Å². The molecule has 80 valence electrons. The Bertz CT molecular complexity index is 416. The van der Waals surface area contributed by atoms with Crippen LogP contribution in [0, 0.1) is 0 Å². The average molecular weight is 246 g/mol. The number of benzene rings is 1. The molecule has 0 spiro atoms. The normalized spacial score (nSPS) is 13.9. The van der Waals surface area contributed by atoms with Gasteiger partial charge in [0.25, 0.3) is 11.8 Å². The molecule has 0 bridgehead atoms. The van der Waals surface area contributed by atoms with Crippen molar-refractivity contribution in [1.82, 2.24) is 4.90 Å². The molecule has 1 aliphatic heterocycles. The van der Waals surface area contributed by atoms with Gasteiger partial charge in [-0.15, -0.1) is 0 Å². The molecule has 1 aliphatic rings. The number of imide groups is 1. The summed E-state index contributed by atoms with van der Waals surface area (Å²) in [5, 5.41) is 0.559. The fraction of sp³-hybridized carbons (Fsp3) is 0.200. The van der Waals surface area contributed by atoms with Gasteiger partial charge in [-0.2, -0.15) is 0 Å². The minimum absolute atomic E-state index is 0. The third kappa shape index (κ3) is 1.62. The molecule has 3 nitrogen and oxygen atoms in total. The first kappa shape index (κ1) is 12.0. The maximum atomic E-state index is 11.5. The molecule has 0 atom stereocenters. The molecule has 0 N–H and O–H groups in total. The van der Waals surface area contributed by atoms with Gasteiger partial charge >= 0.3 is 0 Å². The molecule has 0 unspecified atom stereocenters. The Hall–Kier alpha value is -1.06. The summed E-state index contributed by atoms with van der Waals surface area (Å²) in [6.07, 6.45) is 0. The van der Waals surface area contributed by atoms with E-state index in [0.717, 1.165) is 4.90 Å². The molecule has 15 heavy (non-hydrogen) atoms. The van der Waals surface area contributed by atoms with Crippen LogP contribution in [0.25, 0.3) is 0 Å². The summed E-state index contributed by atoms with van der Waals surface area (Å²) < 4.78 is 0. The standard InChI is InChI=1S/C9H5Cl2NO2.CH4/c1-12-8(13)4-2-6(10)7(11)3-5(4)9(12)14;/h2-3H,1H3;1H4. The number of halogens is 2. The van der Waals surface area contributed by atoms with Crippen LogP contribution in [0.5, 0.6) is 0 Å². The molecule has 2 rings (SSSR count). The van der Waals surface area contributed by atoms with Gasteiger partial charge in [-0.25, -0.2) is 0 Å².